The summed E-state index contributed by atoms with van der Waals surface area (Å²) < 4.78 is 12.2. The molecule has 0 unspecified atom stereocenters. The van der Waals surface area contributed by atoms with Gasteiger partial charge in [0.25, 0.3) is 5.56 Å². The van der Waals surface area contributed by atoms with Crippen LogP contribution in [0.5, 0.6) is 5.75 Å². The van der Waals surface area contributed by atoms with Crippen molar-refractivity contribution >= 4 is 44.1 Å². The number of nitrogens with zero attached hydrogens (tertiary/aromatic N) is 2. The molecule has 0 spiro atoms. The van der Waals surface area contributed by atoms with Crippen LogP contribution >= 0.6 is 22.9 Å². The van der Waals surface area contributed by atoms with Crippen LogP contribution < -0.4 is 16.0 Å². The topological polar surface area (TPSA) is 90.1 Å². The van der Waals surface area contributed by atoms with Gasteiger partial charge in [-0.3, -0.25) is 9.78 Å². The van der Waals surface area contributed by atoms with Crippen LogP contribution in [0.3, 0.4) is 0 Å². The molecule has 0 radical (unpaired) electrons. The number of rotatable bonds is 3. The molecule has 4 heterocycles. The summed E-state index contributed by atoms with van der Waals surface area (Å²) in [5.41, 5.74) is 0.831. The highest BCUT2D eigenvalue weighted by molar-refractivity contribution is 7.22. The number of hydrogen-bond acceptors (Lipinski definition) is 6. The lowest BCUT2D eigenvalue weighted by atomic mass is 10.2. The number of nitrogens with one attached hydrogen (secondary N) is 1. The first kappa shape index (κ1) is 17.7. The lowest BCUT2D eigenvalue weighted by Gasteiger charge is -2.04. The van der Waals surface area contributed by atoms with E-state index in [1.54, 1.807) is 43.6 Å². The fourth-order valence-corrected chi connectivity index (χ4v) is 4.56. The zero-order valence-corrected chi connectivity index (χ0v) is 16.5. The highest BCUT2D eigenvalue weighted by Crippen LogP contribution is 2.37. The molecule has 0 bridgehead atoms. The van der Waals surface area contributed by atoms with E-state index in [1.807, 2.05) is 0 Å². The normalized spacial score (nSPS) is 11.4. The largest absolute Gasteiger partial charge is 0.497 e. The van der Waals surface area contributed by atoms with Crippen LogP contribution in [-0.4, -0.2) is 21.6 Å². The molecule has 144 valence electrons. The van der Waals surface area contributed by atoms with Gasteiger partial charge >= 0.3 is 5.69 Å². The van der Waals surface area contributed by atoms with Crippen LogP contribution in [0.2, 0.25) is 5.02 Å². The summed E-state index contributed by atoms with van der Waals surface area (Å²) in [5, 5.41) is 1.22. The van der Waals surface area contributed by atoms with Gasteiger partial charge in [0.2, 0.25) is 0 Å². The Hall–Kier alpha value is -3.36. The molecule has 5 aromatic rings. The van der Waals surface area contributed by atoms with Crippen LogP contribution in [-0.2, 0) is 0 Å². The Balaban J connectivity index is 1.77. The van der Waals surface area contributed by atoms with Crippen LogP contribution in [0.1, 0.15) is 0 Å². The van der Waals surface area contributed by atoms with Crippen LogP contribution in [0, 0.1) is 0 Å². The molecule has 1 aromatic carbocycles. The smallest absolute Gasteiger partial charge is 0.333 e. The molecule has 0 aliphatic carbocycles. The molecule has 0 fully saturated rings. The van der Waals surface area contributed by atoms with E-state index in [1.165, 1.54) is 23.8 Å². The third-order valence-electron chi connectivity index (χ3n) is 4.59. The van der Waals surface area contributed by atoms with Crippen molar-refractivity contribution in [1.82, 2.24) is 14.5 Å². The Morgan fingerprint density at radius 3 is 2.90 bits per heavy atom. The predicted octanol–water partition coefficient (Wildman–Crippen LogP) is 4.21. The van der Waals surface area contributed by atoms with Crippen molar-refractivity contribution in [2.24, 2.45) is 0 Å². The third kappa shape index (κ3) is 2.76. The molecule has 0 saturated heterocycles. The number of pyridine rings is 1. The minimum atomic E-state index is -0.575. The zero-order valence-electron chi connectivity index (χ0n) is 14.9. The SMILES string of the molecule is COc1ccc(Cl)c(-c2cc3[nH]c(=O)n(-c4cncc5ccoc45)c(=O)c3s2)c1. The predicted molar refractivity (Wildman–Crippen MR) is 113 cm³/mol. The maximum atomic E-state index is 13.2. The number of methoxy groups -OCH3 is 1. The van der Waals surface area contributed by atoms with Gasteiger partial charge in [0.1, 0.15) is 16.1 Å². The van der Waals surface area contributed by atoms with E-state index in [-0.39, 0.29) is 5.69 Å². The van der Waals surface area contributed by atoms with Gasteiger partial charge in [-0.25, -0.2) is 9.36 Å². The van der Waals surface area contributed by atoms with Gasteiger partial charge in [0.05, 0.1) is 25.1 Å². The Kier molecular flexibility index (Phi) is 4.04. The number of halogens is 1. The van der Waals surface area contributed by atoms with Gasteiger partial charge < -0.3 is 14.1 Å². The maximum absolute atomic E-state index is 13.2. The molecular formula is C20H12ClN3O4S. The number of benzene rings is 1. The Morgan fingerprint density at radius 1 is 1.21 bits per heavy atom. The molecule has 0 aliphatic heterocycles. The molecule has 9 heteroatoms. The molecule has 0 aliphatic rings. The quantitative estimate of drug-likeness (QED) is 0.467. The van der Waals surface area contributed by atoms with Gasteiger partial charge in [0.15, 0.2) is 5.58 Å². The number of furan rings is 1. The van der Waals surface area contributed by atoms with Crippen molar-refractivity contribution in [2.75, 3.05) is 7.11 Å². The molecule has 0 amide bonds. The van der Waals surface area contributed by atoms with Gasteiger partial charge in [-0.15, -0.1) is 11.3 Å². The zero-order chi connectivity index (χ0) is 20.1. The van der Waals surface area contributed by atoms with E-state index in [2.05, 4.69) is 9.97 Å². The molecule has 4 aromatic heterocycles. The first-order chi connectivity index (χ1) is 14.1. The summed E-state index contributed by atoms with van der Waals surface area (Å²) in [6.45, 7) is 0. The molecule has 5 rings (SSSR count). The summed E-state index contributed by atoms with van der Waals surface area (Å²) >= 11 is 7.58. The number of aromatic amines is 1. The monoisotopic (exact) mass is 425 g/mol. The van der Waals surface area contributed by atoms with Crippen LogP contribution in [0.15, 0.2) is 63.0 Å². The van der Waals surface area contributed by atoms with Crippen LogP contribution in [0.25, 0.3) is 37.3 Å². The van der Waals surface area contributed by atoms with Crippen molar-refractivity contribution in [3.8, 4) is 21.9 Å². The van der Waals surface area contributed by atoms with Crippen molar-refractivity contribution < 1.29 is 9.15 Å². The molecule has 7 nitrogen and oxygen atoms in total. The average Bonchev–Trinajstić information content (AvgIpc) is 3.36. The number of fused-ring (bicyclic) bond motifs is 2. The number of ether oxygens (including phenoxy) is 1. The van der Waals surface area contributed by atoms with Gasteiger partial charge in [-0.05, 0) is 30.3 Å². The lowest BCUT2D eigenvalue weighted by molar-refractivity contribution is 0.415. The van der Waals surface area contributed by atoms with E-state index in [0.717, 1.165) is 9.44 Å². The maximum Gasteiger partial charge on any atom is 0.333 e. The molecule has 1 N–H and O–H groups in total. The first-order valence-electron chi connectivity index (χ1n) is 8.51. The molecule has 29 heavy (non-hydrogen) atoms. The summed E-state index contributed by atoms with van der Waals surface area (Å²) in [7, 11) is 1.57. The second kappa shape index (κ2) is 6.61. The Labute approximate surface area is 171 Å². The van der Waals surface area contributed by atoms with Crippen LogP contribution in [0.4, 0.5) is 0 Å². The number of thiophene rings is 1. The van der Waals surface area contributed by atoms with Crippen molar-refractivity contribution in [2.45, 2.75) is 0 Å². The van der Waals surface area contributed by atoms with Gasteiger partial charge in [0, 0.05) is 27.0 Å². The highest BCUT2D eigenvalue weighted by atomic mass is 35.5. The standard InChI is InChI=1S/C20H12ClN3O4S/c1-27-11-2-3-13(21)12(6-11)16-7-14-18(29-16)19(25)24(20(26)23-14)15-9-22-8-10-4-5-28-17(10)15/h2-9H,1H3,(H,23,26). The first-order valence-corrected chi connectivity index (χ1v) is 9.70. The summed E-state index contributed by atoms with van der Waals surface area (Å²) in [6.07, 6.45) is 4.53. The number of hydrogen-bond donors (Lipinski definition) is 1. The number of aromatic nitrogens is 3. The molecular weight excluding hydrogens is 414 g/mol. The highest BCUT2D eigenvalue weighted by Gasteiger charge is 2.18. The Morgan fingerprint density at radius 2 is 2.07 bits per heavy atom. The van der Waals surface area contributed by atoms with Crippen molar-refractivity contribution in [3.05, 3.63) is 74.8 Å². The minimum absolute atomic E-state index is 0.287. The Bertz CT molecular complexity index is 1510. The van der Waals surface area contributed by atoms with Gasteiger partial charge in [-0.1, -0.05) is 11.6 Å². The van der Waals surface area contributed by atoms with E-state index in [0.29, 0.717) is 37.5 Å². The molecule has 0 atom stereocenters. The lowest BCUT2D eigenvalue weighted by Crippen LogP contribution is -2.33. The second-order valence-electron chi connectivity index (χ2n) is 6.27. The van der Waals surface area contributed by atoms with E-state index in [9.17, 15) is 9.59 Å². The van der Waals surface area contributed by atoms with E-state index in [4.69, 9.17) is 20.8 Å². The van der Waals surface area contributed by atoms with Crippen molar-refractivity contribution in [1.29, 1.82) is 0 Å². The number of H-pyrrole nitrogens is 1. The third-order valence-corrected chi connectivity index (χ3v) is 6.08. The minimum Gasteiger partial charge on any atom is -0.497 e. The van der Waals surface area contributed by atoms with E-state index >= 15 is 0 Å². The van der Waals surface area contributed by atoms with E-state index < -0.39 is 11.2 Å². The molecule has 0 saturated carbocycles. The van der Waals surface area contributed by atoms with Gasteiger partial charge in [-0.2, -0.15) is 0 Å². The fraction of sp³-hybridized carbons (Fsp3) is 0.0500. The fourth-order valence-electron chi connectivity index (χ4n) is 3.21. The average molecular weight is 426 g/mol. The summed E-state index contributed by atoms with van der Waals surface area (Å²) in [6, 6.07) is 8.73. The summed E-state index contributed by atoms with van der Waals surface area (Å²) in [5.74, 6) is 0.642. The van der Waals surface area contributed by atoms with Crippen molar-refractivity contribution in [3.63, 3.8) is 0 Å². The summed E-state index contributed by atoms with van der Waals surface area (Å²) in [4.78, 5) is 33.5. The second-order valence-corrected chi connectivity index (χ2v) is 7.73.